The van der Waals surface area contributed by atoms with Crippen LogP contribution in [-0.4, -0.2) is 55.2 Å². The SMILES string of the molecule is O=C(Nc1ccc(Cl)cc1)N(CCCN1CCOCC1)Cc1ccc(OCc2ccccc2)cc1. The maximum atomic E-state index is 13.1. The quantitative estimate of drug-likeness (QED) is 0.395. The van der Waals surface area contributed by atoms with Gasteiger partial charge in [0.25, 0.3) is 0 Å². The Bertz CT molecular complexity index is 1040. The first kappa shape index (κ1) is 25.0. The molecule has 0 saturated carbocycles. The third-order valence-corrected chi connectivity index (χ3v) is 6.19. The van der Waals surface area contributed by atoms with E-state index in [1.165, 1.54) is 0 Å². The summed E-state index contributed by atoms with van der Waals surface area (Å²) < 4.78 is 11.3. The van der Waals surface area contributed by atoms with Gasteiger partial charge in [-0.05, 0) is 53.9 Å². The summed E-state index contributed by atoms with van der Waals surface area (Å²) in [6.07, 6.45) is 0.895. The van der Waals surface area contributed by atoms with Crippen LogP contribution >= 0.6 is 11.6 Å². The number of nitrogens with one attached hydrogen (secondary N) is 1. The van der Waals surface area contributed by atoms with Crippen LogP contribution in [0.25, 0.3) is 0 Å². The minimum Gasteiger partial charge on any atom is -0.489 e. The third kappa shape index (κ3) is 8.28. The molecule has 2 amide bonds. The smallest absolute Gasteiger partial charge is 0.322 e. The van der Waals surface area contributed by atoms with Gasteiger partial charge >= 0.3 is 6.03 Å². The summed E-state index contributed by atoms with van der Waals surface area (Å²) >= 11 is 5.98. The Morgan fingerprint density at radius 3 is 2.37 bits per heavy atom. The zero-order valence-corrected chi connectivity index (χ0v) is 20.6. The lowest BCUT2D eigenvalue weighted by atomic mass is 10.2. The van der Waals surface area contributed by atoms with Crippen LogP contribution in [0.3, 0.4) is 0 Å². The highest BCUT2D eigenvalue weighted by Gasteiger charge is 2.16. The number of ether oxygens (including phenoxy) is 2. The van der Waals surface area contributed by atoms with Gasteiger partial charge in [0.05, 0.1) is 13.2 Å². The van der Waals surface area contributed by atoms with Gasteiger partial charge in [0.15, 0.2) is 0 Å². The number of morpholine rings is 1. The van der Waals surface area contributed by atoms with E-state index >= 15 is 0 Å². The predicted molar refractivity (Wildman–Crippen MR) is 140 cm³/mol. The maximum absolute atomic E-state index is 13.1. The molecule has 6 nitrogen and oxygen atoms in total. The van der Waals surface area contributed by atoms with Crippen molar-refractivity contribution in [3.05, 3.63) is 95.0 Å². The molecule has 184 valence electrons. The second-order valence-corrected chi connectivity index (χ2v) is 9.02. The Morgan fingerprint density at radius 1 is 0.943 bits per heavy atom. The molecule has 1 aliphatic rings. The highest BCUT2D eigenvalue weighted by atomic mass is 35.5. The number of rotatable bonds is 10. The van der Waals surface area contributed by atoms with Crippen molar-refractivity contribution in [3.63, 3.8) is 0 Å². The molecule has 1 fully saturated rings. The number of benzene rings is 3. The van der Waals surface area contributed by atoms with E-state index in [1.807, 2.05) is 71.6 Å². The van der Waals surface area contributed by atoms with Gasteiger partial charge in [-0.15, -0.1) is 0 Å². The summed E-state index contributed by atoms with van der Waals surface area (Å²) in [7, 11) is 0. The summed E-state index contributed by atoms with van der Waals surface area (Å²) in [5, 5.41) is 3.64. The van der Waals surface area contributed by atoms with Crippen LogP contribution in [0.15, 0.2) is 78.9 Å². The van der Waals surface area contributed by atoms with E-state index in [0.717, 1.165) is 61.8 Å². The van der Waals surface area contributed by atoms with Crippen molar-refractivity contribution in [2.24, 2.45) is 0 Å². The van der Waals surface area contributed by atoms with Crippen LogP contribution in [-0.2, 0) is 17.9 Å². The van der Waals surface area contributed by atoms with Crippen molar-refractivity contribution in [2.45, 2.75) is 19.6 Å². The summed E-state index contributed by atoms with van der Waals surface area (Å²) in [6.45, 7) is 6.09. The Morgan fingerprint density at radius 2 is 1.66 bits per heavy atom. The van der Waals surface area contributed by atoms with Crippen molar-refractivity contribution in [3.8, 4) is 5.75 Å². The molecular weight excluding hydrogens is 462 g/mol. The van der Waals surface area contributed by atoms with Crippen LogP contribution in [0.2, 0.25) is 5.02 Å². The Labute approximate surface area is 212 Å². The molecule has 0 radical (unpaired) electrons. The van der Waals surface area contributed by atoms with E-state index in [2.05, 4.69) is 10.2 Å². The van der Waals surface area contributed by atoms with Crippen LogP contribution in [0.4, 0.5) is 10.5 Å². The van der Waals surface area contributed by atoms with Gasteiger partial charge in [0, 0.05) is 43.4 Å². The van der Waals surface area contributed by atoms with Crippen LogP contribution < -0.4 is 10.1 Å². The predicted octanol–water partition coefficient (Wildman–Crippen LogP) is 5.68. The fraction of sp³-hybridized carbons (Fsp3) is 0.321. The van der Waals surface area contributed by atoms with Crippen molar-refractivity contribution in [1.29, 1.82) is 0 Å². The number of urea groups is 1. The van der Waals surface area contributed by atoms with E-state index in [-0.39, 0.29) is 6.03 Å². The normalized spacial score (nSPS) is 13.9. The molecule has 3 aromatic carbocycles. The number of amides is 2. The average molecular weight is 494 g/mol. The number of hydrogen-bond acceptors (Lipinski definition) is 4. The highest BCUT2D eigenvalue weighted by Crippen LogP contribution is 2.18. The highest BCUT2D eigenvalue weighted by molar-refractivity contribution is 6.30. The lowest BCUT2D eigenvalue weighted by Crippen LogP contribution is -2.40. The largest absolute Gasteiger partial charge is 0.489 e. The van der Waals surface area contributed by atoms with Gasteiger partial charge in [-0.1, -0.05) is 54.1 Å². The number of nitrogens with zero attached hydrogens (tertiary/aromatic N) is 2. The molecule has 1 N–H and O–H groups in total. The van der Waals surface area contributed by atoms with Crippen molar-refractivity contribution < 1.29 is 14.3 Å². The molecule has 3 aromatic rings. The Kier molecular flexibility index (Phi) is 9.40. The van der Waals surface area contributed by atoms with Crippen LogP contribution in [0, 0.1) is 0 Å². The van der Waals surface area contributed by atoms with Gasteiger partial charge in [0.1, 0.15) is 12.4 Å². The number of anilines is 1. The second kappa shape index (κ2) is 13.1. The first-order chi connectivity index (χ1) is 17.2. The van der Waals surface area contributed by atoms with E-state index in [0.29, 0.717) is 24.7 Å². The van der Waals surface area contributed by atoms with Gasteiger partial charge < -0.3 is 19.7 Å². The van der Waals surface area contributed by atoms with Crippen LogP contribution in [0.5, 0.6) is 5.75 Å². The minimum absolute atomic E-state index is 0.126. The summed E-state index contributed by atoms with van der Waals surface area (Å²) in [6, 6.07) is 25.1. The summed E-state index contributed by atoms with van der Waals surface area (Å²) in [4.78, 5) is 17.4. The van der Waals surface area contributed by atoms with Gasteiger partial charge in [-0.3, -0.25) is 4.90 Å². The molecule has 4 rings (SSSR count). The fourth-order valence-electron chi connectivity index (χ4n) is 3.95. The maximum Gasteiger partial charge on any atom is 0.322 e. The van der Waals surface area contributed by atoms with Crippen LogP contribution in [0.1, 0.15) is 17.5 Å². The van der Waals surface area contributed by atoms with E-state index in [9.17, 15) is 4.79 Å². The molecule has 7 heteroatoms. The van der Waals surface area contributed by atoms with Gasteiger partial charge in [-0.25, -0.2) is 4.79 Å². The minimum atomic E-state index is -0.126. The molecule has 0 atom stereocenters. The van der Waals surface area contributed by atoms with E-state index in [4.69, 9.17) is 21.1 Å². The van der Waals surface area contributed by atoms with E-state index < -0.39 is 0 Å². The first-order valence-corrected chi connectivity index (χ1v) is 12.4. The van der Waals surface area contributed by atoms with Gasteiger partial charge in [0.2, 0.25) is 0 Å². The first-order valence-electron chi connectivity index (χ1n) is 12.0. The molecule has 0 aromatic heterocycles. The second-order valence-electron chi connectivity index (χ2n) is 8.58. The van der Waals surface area contributed by atoms with E-state index in [1.54, 1.807) is 12.1 Å². The number of carbonyl (C=O) groups is 1. The fourth-order valence-corrected chi connectivity index (χ4v) is 4.08. The molecule has 35 heavy (non-hydrogen) atoms. The standard InChI is InChI=1S/C28H32ClN3O3/c29-25-9-11-26(12-10-25)30-28(33)32(16-4-15-31-17-19-34-20-18-31)21-23-7-13-27(14-8-23)35-22-24-5-2-1-3-6-24/h1-3,5-14H,4,15-22H2,(H,30,33). The lowest BCUT2D eigenvalue weighted by Gasteiger charge is -2.28. The Balaban J connectivity index is 1.35. The van der Waals surface area contributed by atoms with Gasteiger partial charge in [-0.2, -0.15) is 0 Å². The molecule has 0 bridgehead atoms. The number of halogens is 1. The molecule has 1 aliphatic heterocycles. The van der Waals surface area contributed by atoms with Crippen molar-refractivity contribution in [1.82, 2.24) is 9.80 Å². The molecule has 0 aliphatic carbocycles. The number of hydrogen-bond donors (Lipinski definition) is 1. The lowest BCUT2D eigenvalue weighted by molar-refractivity contribution is 0.0365. The monoisotopic (exact) mass is 493 g/mol. The Hall–Kier alpha value is -3.06. The average Bonchev–Trinajstić information content (AvgIpc) is 2.90. The third-order valence-electron chi connectivity index (χ3n) is 5.93. The molecule has 0 spiro atoms. The molecule has 0 unspecified atom stereocenters. The zero-order chi connectivity index (χ0) is 24.3. The van der Waals surface area contributed by atoms with Crippen molar-refractivity contribution in [2.75, 3.05) is 44.7 Å². The molecule has 1 heterocycles. The zero-order valence-electron chi connectivity index (χ0n) is 19.9. The topological polar surface area (TPSA) is 54.0 Å². The summed E-state index contributed by atoms with van der Waals surface area (Å²) in [5.74, 6) is 0.807. The molecular formula is C28H32ClN3O3. The number of carbonyl (C=O) groups excluding carboxylic acids is 1. The summed E-state index contributed by atoms with van der Waals surface area (Å²) in [5.41, 5.74) is 2.90. The molecule has 1 saturated heterocycles. The van der Waals surface area contributed by atoms with Crippen molar-refractivity contribution >= 4 is 23.3 Å².